The van der Waals surface area contributed by atoms with Gasteiger partial charge >= 0.3 is 6.18 Å². The van der Waals surface area contributed by atoms with Gasteiger partial charge in [0.25, 0.3) is 0 Å². The minimum atomic E-state index is -4.08. The molecule has 1 aliphatic rings. The highest BCUT2D eigenvalue weighted by molar-refractivity contribution is 5.05. The molecule has 0 saturated heterocycles. The summed E-state index contributed by atoms with van der Waals surface area (Å²) >= 11 is 0. The SMILES string of the molecule is CCC1(CC)C(N)CC1OCCCC(F)(F)F. The van der Waals surface area contributed by atoms with Gasteiger partial charge in [0.2, 0.25) is 0 Å². The Morgan fingerprint density at radius 1 is 1.29 bits per heavy atom. The predicted molar refractivity (Wildman–Crippen MR) is 60.6 cm³/mol. The van der Waals surface area contributed by atoms with E-state index >= 15 is 0 Å². The normalized spacial score (nSPS) is 27.9. The summed E-state index contributed by atoms with van der Waals surface area (Å²) in [7, 11) is 0. The third kappa shape index (κ3) is 3.35. The molecule has 17 heavy (non-hydrogen) atoms. The molecule has 0 amide bonds. The van der Waals surface area contributed by atoms with Gasteiger partial charge in [0, 0.05) is 24.5 Å². The number of alkyl halides is 3. The van der Waals surface area contributed by atoms with Gasteiger partial charge in [-0.1, -0.05) is 13.8 Å². The standard InChI is InChI=1S/C12H22F3NO/c1-3-11(4-2)9(16)8-10(11)17-7-5-6-12(13,14)15/h9-10H,3-8,16H2,1-2H3. The van der Waals surface area contributed by atoms with Gasteiger partial charge in [-0.05, 0) is 25.7 Å². The van der Waals surface area contributed by atoms with Crippen molar-refractivity contribution in [3.63, 3.8) is 0 Å². The minimum Gasteiger partial charge on any atom is -0.378 e. The van der Waals surface area contributed by atoms with Crippen LogP contribution in [-0.4, -0.2) is 24.9 Å². The fourth-order valence-electron chi connectivity index (χ4n) is 2.74. The zero-order valence-corrected chi connectivity index (χ0v) is 10.5. The van der Waals surface area contributed by atoms with E-state index in [9.17, 15) is 13.2 Å². The van der Waals surface area contributed by atoms with Gasteiger partial charge in [0.05, 0.1) is 6.10 Å². The lowest BCUT2D eigenvalue weighted by Gasteiger charge is -2.53. The molecule has 1 fully saturated rings. The van der Waals surface area contributed by atoms with Crippen molar-refractivity contribution in [2.45, 2.75) is 64.3 Å². The first-order valence-corrected chi connectivity index (χ1v) is 6.29. The molecule has 0 radical (unpaired) electrons. The lowest BCUT2D eigenvalue weighted by Crippen LogP contribution is -2.61. The van der Waals surface area contributed by atoms with Gasteiger partial charge in [0.1, 0.15) is 0 Å². The molecule has 5 heteroatoms. The summed E-state index contributed by atoms with van der Waals surface area (Å²) in [6, 6.07) is 0.130. The van der Waals surface area contributed by atoms with Gasteiger partial charge in [-0.2, -0.15) is 13.2 Å². The molecule has 2 nitrogen and oxygen atoms in total. The third-order valence-corrected chi connectivity index (χ3v) is 4.09. The maximum Gasteiger partial charge on any atom is 0.389 e. The van der Waals surface area contributed by atoms with Crippen LogP contribution >= 0.6 is 0 Å². The molecule has 0 heterocycles. The van der Waals surface area contributed by atoms with Crippen molar-refractivity contribution in [3.05, 3.63) is 0 Å². The van der Waals surface area contributed by atoms with E-state index in [-0.39, 0.29) is 30.6 Å². The maximum atomic E-state index is 11.9. The highest BCUT2D eigenvalue weighted by Gasteiger charge is 2.51. The van der Waals surface area contributed by atoms with Crippen molar-refractivity contribution >= 4 is 0 Å². The van der Waals surface area contributed by atoms with Crippen molar-refractivity contribution in [2.75, 3.05) is 6.61 Å². The van der Waals surface area contributed by atoms with E-state index in [1.165, 1.54) is 0 Å². The van der Waals surface area contributed by atoms with Crippen molar-refractivity contribution in [1.29, 1.82) is 0 Å². The van der Waals surface area contributed by atoms with Crippen LogP contribution in [0.1, 0.15) is 46.0 Å². The Labute approximate surface area is 101 Å². The average Bonchev–Trinajstić information content (AvgIpc) is 2.23. The van der Waals surface area contributed by atoms with Crippen LogP contribution in [0.3, 0.4) is 0 Å². The van der Waals surface area contributed by atoms with E-state index in [1.807, 2.05) is 0 Å². The lowest BCUT2D eigenvalue weighted by atomic mass is 9.59. The molecule has 1 rings (SSSR count). The zero-order chi connectivity index (χ0) is 13.1. The third-order valence-electron chi connectivity index (χ3n) is 4.09. The number of ether oxygens (including phenoxy) is 1. The lowest BCUT2D eigenvalue weighted by molar-refractivity contribution is -0.153. The van der Waals surface area contributed by atoms with Crippen LogP contribution in [0.2, 0.25) is 0 Å². The molecule has 0 spiro atoms. The second-order valence-electron chi connectivity index (χ2n) is 4.86. The molecule has 0 aromatic carbocycles. The average molecular weight is 253 g/mol. The summed E-state index contributed by atoms with van der Waals surface area (Å²) in [5, 5.41) is 0. The van der Waals surface area contributed by atoms with Crippen molar-refractivity contribution in [1.82, 2.24) is 0 Å². The highest BCUT2D eigenvalue weighted by Crippen LogP contribution is 2.47. The van der Waals surface area contributed by atoms with Crippen molar-refractivity contribution in [2.24, 2.45) is 11.1 Å². The molecule has 2 N–H and O–H groups in total. The smallest absolute Gasteiger partial charge is 0.378 e. The highest BCUT2D eigenvalue weighted by atomic mass is 19.4. The fraction of sp³-hybridized carbons (Fsp3) is 1.00. The summed E-state index contributed by atoms with van der Waals surface area (Å²) < 4.78 is 41.4. The van der Waals surface area contributed by atoms with Crippen LogP contribution in [0.25, 0.3) is 0 Å². The molecule has 2 atom stereocenters. The number of halogens is 3. The minimum absolute atomic E-state index is 0.0156. The Bertz CT molecular complexity index is 238. The summed E-state index contributed by atoms with van der Waals surface area (Å²) in [5.41, 5.74) is 5.97. The number of rotatable bonds is 6. The topological polar surface area (TPSA) is 35.2 Å². The molecule has 0 aliphatic heterocycles. The van der Waals surface area contributed by atoms with Crippen LogP contribution in [0, 0.1) is 5.41 Å². The second kappa shape index (κ2) is 5.57. The van der Waals surface area contributed by atoms with Crippen molar-refractivity contribution in [3.8, 4) is 0 Å². The quantitative estimate of drug-likeness (QED) is 0.737. The Morgan fingerprint density at radius 2 is 1.88 bits per heavy atom. The molecular formula is C12H22F3NO. The van der Waals surface area contributed by atoms with E-state index in [2.05, 4.69) is 13.8 Å². The van der Waals surface area contributed by atoms with Crippen LogP contribution < -0.4 is 5.73 Å². The second-order valence-corrected chi connectivity index (χ2v) is 4.86. The Hall–Kier alpha value is -0.290. The first-order chi connectivity index (χ1) is 7.85. The summed E-state index contributed by atoms with van der Waals surface area (Å²) in [5.74, 6) is 0. The van der Waals surface area contributed by atoms with E-state index in [4.69, 9.17) is 10.5 Å². The molecule has 0 aromatic heterocycles. The van der Waals surface area contributed by atoms with E-state index in [0.717, 1.165) is 19.3 Å². The van der Waals surface area contributed by atoms with Crippen LogP contribution in [0.15, 0.2) is 0 Å². The molecule has 1 aliphatic carbocycles. The number of hydrogen-bond donors (Lipinski definition) is 1. The molecular weight excluding hydrogens is 231 g/mol. The predicted octanol–water partition coefficient (Wildman–Crippen LogP) is 3.25. The van der Waals surface area contributed by atoms with Gasteiger partial charge < -0.3 is 10.5 Å². The summed E-state index contributed by atoms with van der Waals surface area (Å²) in [6.45, 7) is 4.31. The number of hydrogen-bond acceptors (Lipinski definition) is 2. The van der Waals surface area contributed by atoms with E-state index in [0.29, 0.717) is 0 Å². The van der Waals surface area contributed by atoms with Crippen molar-refractivity contribution < 1.29 is 17.9 Å². The first-order valence-electron chi connectivity index (χ1n) is 6.29. The molecule has 0 aromatic rings. The molecule has 1 saturated carbocycles. The van der Waals surface area contributed by atoms with Gasteiger partial charge in [-0.15, -0.1) is 0 Å². The van der Waals surface area contributed by atoms with E-state index < -0.39 is 12.6 Å². The van der Waals surface area contributed by atoms with Gasteiger partial charge in [-0.3, -0.25) is 0 Å². The van der Waals surface area contributed by atoms with Gasteiger partial charge in [0.15, 0.2) is 0 Å². The molecule has 102 valence electrons. The first kappa shape index (κ1) is 14.8. The Morgan fingerprint density at radius 3 is 2.29 bits per heavy atom. The van der Waals surface area contributed by atoms with Crippen LogP contribution in [0.5, 0.6) is 0 Å². The van der Waals surface area contributed by atoms with Crippen LogP contribution in [0.4, 0.5) is 13.2 Å². The number of nitrogens with two attached hydrogens (primary N) is 1. The maximum absolute atomic E-state index is 11.9. The van der Waals surface area contributed by atoms with E-state index in [1.54, 1.807) is 0 Å². The Kier molecular flexibility index (Phi) is 4.84. The molecule has 2 unspecified atom stereocenters. The Balaban J connectivity index is 2.29. The molecule has 0 bridgehead atoms. The zero-order valence-electron chi connectivity index (χ0n) is 10.5. The van der Waals surface area contributed by atoms with Crippen LogP contribution in [-0.2, 0) is 4.74 Å². The largest absolute Gasteiger partial charge is 0.389 e. The monoisotopic (exact) mass is 253 g/mol. The van der Waals surface area contributed by atoms with Gasteiger partial charge in [-0.25, -0.2) is 0 Å². The summed E-state index contributed by atoms with van der Waals surface area (Å²) in [4.78, 5) is 0. The fourth-order valence-corrected chi connectivity index (χ4v) is 2.74. The summed E-state index contributed by atoms with van der Waals surface area (Å²) in [6.07, 6.45) is -2.14.